The van der Waals surface area contributed by atoms with Gasteiger partial charge < -0.3 is 40.9 Å². The zero-order chi connectivity index (χ0) is 47.7. The molecule has 6 rings (SSSR count). The van der Waals surface area contributed by atoms with Gasteiger partial charge in [0, 0.05) is 35.1 Å². The van der Waals surface area contributed by atoms with E-state index < -0.39 is 35.5 Å². The van der Waals surface area contributed by atoms with Crippen molar-refractivity contribution < 1.29 is 37.0 Å². The van der Waals surface area contributed by atoms with E-state index in [1.807, 2.05) is 0 Å². The molecule has 6 aromatic rings. The Bertz CT molecular complexity index is 2740. The fourth-order valence-electron chi connectivity index (χ4n) is 6.42. The standard InChI is InChI=1S/C48H46F2N10O6/c1-25-45(29(5)65-59-25)33-13-19-41(57-47(63)27(3)51-7)53-37(33)15-9-31-11-17-39(35(49)23-31)55-43(61)21-22-44(62)56-40-18-12-32(24-36(40)50)10-16-38-34(46-26(2)60-66-30(46)6)14-20-42(54-38)58-48(64)28(4)52-8/h11-14,17-20,23-24,27-28,51-52H,21-22H2,1-8H3,(H,55,61)(H,56,62)(H,53,57,63)(H,54,58,64)/t27-,28-/m0/s1. The number of anilines is 4. The molecular formula is C48H46F2N10O6. The maximum Gasteiger partial charge on any atom is 0.242 e. The molecule has 6 N–H and O–H groups in total. The first-order valence-corrected chi connectivity index (χ1v) is 20.6. The van der Waals surface area contributed by atoms with Crippen LogP contribution in [0.2, 0.25) is 0 Å². The van der Waals surface area contributed by atoms with Gasteiger partial charge in [-0.25, -0.2) is 18.7 Å². The lowest BCUT2D eigenvalue weighted by molar-refractivity contribution is -0.121. The van der Waals surface area contributed by atoms with Crippen molar-refractivity contribution in [3.05, 3.63) is 118 Å². The normalized spacial score (nSPS) is 11.6. The second-order valence-electron chi connectivity index (χ2n) is 15.1. The van der Waals surface area contributed by atoms with E-state index in [9.17, 15) is 19.2 Å². The summed E-state index contributed by atoms with van der Waals surface area (Å²) in [5.41, 5.74) is 4.59. The molecule has 338 valence electrons. The third kappa shape index (κ3) is 11.5. The number of hydrogen-bond acceptors (Lipinski definition) is 12. The van der Waals surface area contributed by atoms with Crippen LogP contribution < -0.4 is 31.9 Å². The lowest BCUT2D eigenvalue weighted by Crippen LogP contribution is -2.35. The number of carbonyl (C=O) groups is 4. The molecule has 0 saturated heterocycles. The van der Waals surface area contributed by atoms with E-state index in [-0.39, 0.29) is 70.2 Å². The maximum atomic E-state index is 15.3. The molecule has 0 spiro atoms. The monoisotopic (exact) mass is 896 g/mol. The van der Waals surface area contributed by atoms with E-state index in [2.05, 4.69) is 75.9 Å². The SMILES string of the molecule is CN[C@@H](C)C(=O)Nc1ccc(-c2c(C)noc2C)c(C#Cc2ccc(NC(=O)CCC(=O)Nc3ccc(C#Cc4nc(NC(=O)[C@H](C)NC)ccc4-c4c(C)noc4C)cc3F)c(F)c2)n1. The molecule has 0 fully saturated rings. The van der Waals surface area contributed by atoms with Crippen molar-refractivity contribution >= 4 is 46.6 Å². The van der Waals surface area contributed by atoms with Gasteiger partial charge in [-0.1, -0.05) is 22.2 Å². The number of carbonyl (C=O) groups excluding carboxylic acids is 4. The topological polar surface area (TPSA) is 218 Å². The summed E-state index contributed by atoms with van der Waals surface area (Å²) < 4.78 is 41.2. The van der Waals surface area contributed by atoms with Gasteiger partial charge in [-0.2, -0.15) is 0 Å². The number of halogens is 2. The Morgan fingerprint density at radius 1 is 0.576 bits per heavy atom. The molecule has 18 heteroatoms. The van der Waals surface area contributed by atoms with Crippen LogP contribution in [-0.2, 0) is 19.2 Å². The summed E-state index contributed by atoms with van der Waals surface area (Å²) in [7, 11) is 3.32. The van der Waals surface area contributed by atoms with Crippen LogP contribution in [-0.4, -0.2) is 70.1 Å². The van der Waals surface area contributed by atoms with Crippen molar-refractivity contribution in [3.8, 4) is 45.9 Å². The zero-order valence-corrected chi connectivity index (χ0v) is 37.3. The zero-order valence-electron chi connectivity index (χ0n) is 37.3. The Kier molecular flexibility index (Phi) is 15.1. The summed E-state index contributed by atoms with van der Waals surface area (Å²) in [6.45, 7) is 10.4. The second kappa shape index (κ2) is 21.1. The average molecular weight is 897 g/mol. The van der Waals surface area contributed by atoms with Crippen LogP contribution in [0.1, 0.15) is 72.1 Å². The lowest BCUT2D eigenvalue weighted by atomic mass is 10.0. The van der Waals surface area contributed by atoms with Crippen LogP contribution in [0.3, 0.4) is 0 Å². The Hall–Kier alpha value is -8.06. The first kappa shape index (κ1) is 47.4. The number of aryl methyl sites for hydroxylation is 4. The van der Waals surface area contributed by atoms with Crippen LogP contribution in [0, 0.1) is 63.0 Å². The molecule has 0 bridgehead atoms. The van der Waals surface area contributed by atoms with Crippen LogP contribution in [0.5, 0.6) is 0 Å². The molecule has 4 heterocycles. The van der Waals surface area contributed by atoms with E-state index in [0.717, 1.165) is 12.1 Å². The van der Waals surface area contributed by atoms with Gasteiger partial charge in [-0.05, 0) is 128 Å². The molecule has 4 amide bonds. The van der Waals surface area contributed by atoms with Crippen molar-refractivity contribution in [3.63, 3.8) is 0 Å². The van der Waals surface area contributed by atoms with Gasteiger partial charge in [-0.3, -0.25) is 19.2 Å². The number of nitrogens with one attached hydrogen (secondary N) is 6. The minimum absolute atomic E-state index is 0.138. The molecule has 0 aliphatic carbocycles. The number of likely N-dealkylation sites (N-methyl/N-ethyl adjacent to an activating group) is 2. The molecule has 0 unspecified atom stereocenters. The van der Waals surface area contributed by atoms with Gasteiger partial charge in [0.2, 0.25) is 23.6 Å². The number of pyridine rings is 2. The molecule has 0 radical (unpaired) electrons. The summed E-state index contributed by atoms with van der Waals surface area (Å²) in [5, 5.41) is 24.2. The van der Waals surface area contributed by atoms with Gasteiger partial charge in [0.25, 0.3) is 0 Å². The molecule has 0 saturated carbocycles. The molecule has 2 aromatic carbocycles. The van der Waals surface area contributed by atoms with Crippen molar-refractivity contribution in [2.24, 2.45) is 0 Å². The number of amides is 4. The number of nitrogens with zero attached hydrogens (tertiary/aromatic N) is 4. The summed E-state index contributed by atoms with van der Waals surface area (Å²) in [6, 6.07) is 13.7. The number of benzene rings is 2. The molecule has 0 aliphatic heterocycles. The average Bonchev–Trinajstić information content (AvgIpc) is 3.82. The van der Waals surface area contributed by atoms with Gasteiger partial charge in [0.15, 0.2) is 0 Å². The van der Waals surface area contributed by atoms with Crippen molar-refractivity contribution in [1.82, 2.24) is 30.9 Å². The van der Waals surface area contributed by atoms with Gasteiger partial charge in [0.05, 0.1) is 46.0 Å². The smallest absolute Gasteiger partial charge is 0.242 e. The van der Waals surface area contributed by atoms with Gasteiger partial charge >= 0.3 is 0 Å². The maximum absolute atomic E-state index is 15.3. The van der Waals surface area contributed by atoms with E-state index >= 15 is 8.78 Å². The Balaban J connectivity index is 1.09. The number of hydrogen-bond donors (Lipinski definition) is 6. The Morgan fingerprint density at radius 3 is 1.30 bits per heavy atom. The van der Waals surface area contributed by atoms with E-state index in [0.29, 0.717) is 45.2 Å². The molecule has 66 heavy (non-hydrogen) atoms. The lowest BCUT2D eigenvalue weighted by Gasteiger charge is -2.12. The molecule has 4 aromatic heterocycles. The highest BCUT2D eigenvalue weighted by Crippen LogP contribution is 2.31. The Labute approximate surface area is 379 Å². The third-order valence-electron chi connectivity index (χ3n) is 10.3. The highest BCUT2D eigenvalue weighted by Gasteiger charge is 2.20. The van der Waals surface area contributed by atoms with E-state index in [4.69, 9.17) is 9.05 Å². The fourth-order valence-corrected chi connectivity index (χ4v) is 6.42. The van der Waals surface area contributed by atoms with Crippen LogP contribution in [0.25, 0.3) is 22.3 Å². The van der Waals surface area contributed by atoms with E-state index in [1.54, 1.807) is 79.9 Å². The fraction of sp³-hybridized carbons (Fsp3) is 0.250. The number of aromatic nitrogens is 4. The summed E-state index contributed by atoms with van der Waals surface area (Å²) in [5.74, 6) is 9.83. The van der Waals surface area contributed by atoms with Gasteiger partial charge in [-0.15, -0.1) is 0 Å². The second-order valence-corrected chi connectivity index (χ2v) is 15.1. The van der Waals surface area contributed by atoms with Crippen molar-refractivity contribution in [2.75, 3.05) is 35.4 Å². The summed E-state index contributed by atoms with van der Waals surface area (Å²) >= 11 is 0. The summed E-state index contributed by atoms with van der Waals surface area (Å²) in [4.78, 5) is 59.7. The quantitative estimate of drug-likeness (QED) is 0.0681. The predicted molar refractivity (Wildman–Crippen MR) is 244 cm³/mol. The number of rotatable bonds is 13. The Morgan fingerprint density at radius 2 is 0.970 bits per heavy atom. The van der Waals surface area contributed by atoms with Crippen molar-refractivity contribution in [2.45, 2.75) is 66.5 Å². The van der Waals surface area contributed by atoms with Crippen LogP contribution in [0.15, 0.2) is 69.7 Å². The first-order chi connectivity index (χ1) is 31.5. The van der Waals surface area contributed by atoms with Crippen LogP contribution in [0.4, 0.5) is 31.8 Å². The minimum Gasteiger partial charge on any atom is -0.361 e. The highest BCUT2D eigenvalue weighted by atomic mass is 19.1. The van der Waals surface area contributed by atoms with E-state index in [1.165, 1.54) is 24.3 Å². The highest BCUT2D eigenvalue weighted by molar-refractivity contribution is 5.97. The molecule has 0 aliphatic rings. The minimum atomic E-state index is -0.778. The third-order valence-corrected chi connectivity index (χ3v) is 10.3. The molecule has 2 atom stereocenters. The van der Waals surface area contributed by atoms with Gasteiger partial charge in [0.1, 0.15) is 46.2 Å². The largest absolute Gasteiger partial charge is 0.361 e. The molecule has 16 nitrogen and oxygen atoms in total. The van der Waals surface area contributed by atoms with Crippen molar-refractivity contribution in [1.29, 1.82) is 0 Å². The van der Waals surface area contributed by atoms with Crippen LogP contribution >= 0.6 is 0 Å². The predicted octanol–water partition coefficient (Wildman–Crippen LogP) is 6.55. The first-order valence-electron chi connectivity index (χ1n) is 20.6. The molecular weight excluding hydrogens is 851 g/mol. The summed E-state index contributed by atoms with van der Waals surface area (Å²) in [6.07, 6.45) is -0.663.